The van der Waals surface area contributed by atoms with Crippen molar-refractivity contribution >= 4 is 15.8 Å². The summed E-state index contributed by atoms with van der Waals surface area (Å²) in [5.74, 6) is -0.966. The molecule has 0 bridgehead atoms. The van der Waals surface area contributed by atoms with E-state index in [-0.39, 0.29) is 12.2 Å². The van der Waals surface area contributed by atoms with E-state index >= 15 is 0 Å². The maximum atomic E-state index is 11.3. The highest BCUT2D eigenvalue weighted by atomic mass is 32.2. The maximum Gasteiger partial charge on any atom is 0.320 e. The van der Waals surface area contributed by atoms with Gasteiger partial charge in [0.15, 0.2) is 9.84 Å². The van der Waals surface area contributed by atoms with E-state index in [1.165, 1.54) is 0 Å². The van der Waals surface area contributed by atoms with Crippen LogP contribution in [0.2, 0.25) is 0 Å². The summed E-state index contributed by atoms with van der Waals surface area (Å²) in [5, 5.41) is 7.95. The lowest BCUT2D eigenvalue weighted by molar-refractivity contribution is -0.138. The van der Waals surface area contributed by atoms with Gasteiger partial charge in [-0.3, -0.25) is 4.79 Å². The third-order valence-electron chi connectivity index (χ3n) is 2.30. The second-order valence-corrected chi connectivity index (χ2v) is 5.71. The van der Waals surface area contributed by atoms with E-state index in [2.05, 4.69) is 0 Å². The van der Waals surface area contributed by atoms with Crippen LogP contribution < -0.4 is 5.73 Å². The number of hydrogen-bond acceptors (Lipinski definition) is 4. The van der Waals surface area contributed by atoms with Gasteiger partial charge in [-0.05, 0) is 19.3 Å². The van der Waals surface area contributed by atoms with Gasteiger partial charge >= 0.3 is 5.97 Å². The van der Waals surface area contributed by atoms with Gasteiger partial charge in [0, 0.05) is 0 Å². The summed E-state index contributed by atoms with van der Waals surface area (Å²) in [4.78, 5) is 10.4. The Hall–Kier alpha value is -0.620. The second kappa shape index (κ2) is 3.63. The first-order valence-electron chi connectivity index (χ1n) is 4.13. The third-order valence-corrected chi connectivity index (χ3v) is 4.60. The summed E-state index contributed by atoms with van der Waals surface area (Å²) >= 11 is 0. The van der Waals surface area contributed by atoms with Crippen LogP contribution in [0, 0.1) is 0 Å². The fourth-order valence-electron chi connectivity index (χ4n) is 1.51. The fraction of sp³-hybridized carbons (Fsp3) is 0.857. The molecule has 0 aromatic carbocycles. The SMILES string of the molecule is NC(CC1CCCS1(=O)=O)C(=O)O. The third kappa shape index (κ3) is 2.41. The lowest BCUT2D eigenvalue weighted by atomic mass is 10.1. The highest BCUT2D eigenvalue weighted by Gasteiger charge is 2.33. The van der Waals surface area contributed by atoms with E-state index in [1.54, 1.807) is 0 Å². The molecule has 1 rings (SSSR count). The van der Waals surface area contributed by atoms with Crippen molar-refractivity contribution in [1.29, 1.82) is 0 Å². The van der Waals surface area contributed by atoms with Crippen molar-refractivity contribution in [1.82, 2.24) is 0 Å². The van der Waals surface area contributed by atoms with E-state index < -0.39 is 27.1 Å². The van der Waals surface area contributed by atoms with Gasteiger partial charge in [0.1, 0.15) is 6.04 Å². The molecule has 13 heavy (non-hydrogen) atoms. The molecule has 0 aromatic heterocycles. The first-order valence-corrected chi connectivity index (χ1v) is 5.85. The molecule has 1 aliphatic rings. The Morgan fingerprint density at radius 1 is 1.62 bits per heavy atom. The Kier molecular flexibility index (Phi) is 2.92. The standard InChI is InChI=1S/C7H13NO4S/c8-6(7(9)10)4-5-2-1-3-13(5,11)12/h5-6H,1-4,8H2,(H,9,10). The van der Waals surface area contributed by atoms with Crippen LogP contribution in [0.25, 0.3) is 0 Å². The second-order valence-electron chi connectivity index (χ2n) is 3.31. The smallest absolute Gasteiger partial charge is 0.320 e. The van der Waals surface area contributed by atoms with Crippen LogP contribution in [0.4, 0.5) is 0 Å². The van der Waals surface area contributed by atoms with Gasteiger partial charge in [-0.2, -0.15) is 0 Å². The Bertz CT molecular complexity index is 298. The molecule has 1 saturated heterocycles. The monoisotopic (exact) mass is 207 g/mol. The minimum absolute atomic E-state index is 0.0394. The highest BCUT2D eigenvalue weighted by molar-refractivity contribution is 7.92. The van der Waals surface area contributed by atoms with Crippen molar-refractivity contribution < 1.29 is 18.3 Å². The number of carbonyl (C=O) groups is 1. The fourth-order valence-corrected chi connectivity index (χ4v) is 3.44. The van der Waals surface area contributed by atoms with Crippen LogP contribution in [-0.4, -0.2) is 36.5 Å². The zero-order valence-electron chi connectivity index (χ0n) is 7.14. The van der Waals surface area contributed by atoms with E-state index in [0.717, 1.165) is 0 Å². The van der Waals surface area contributed by atoms with E-state index in [1.807, 2.05) is 0 Å². The minimum Gasteiger partial charge on any atom is -0.480 e. The van der Waals surface area contributed by atoms with Crippen molar-refractivity contribution in [2.75, 3.05) is 5.75 Å². The zero-order chi connectivity index (χ0) is 10.1. The number of sulfone groups is 1. The van der Waals surface area contributed by atoms with Crippen LogP contribution in [-0.2, 0) is 14.6 Å². The molecule has 1 heterocycles. The van der Waals surface area contributed by atoms with Gasteiger partial charge in [-0.25, -0.2) is 8.42 Å². The van der Waals surface area contributed by atoms with Crippen LogP contribution in [0.5, 0.6) is 0 Å². The van der Waals surface area contributed by atoms with Crippen molar-refractivity contribution in [3.63, 3.8) is 0 Å². The zero-order valence-corrected chi connectivity index (χ0v) is 7.96. The molecule has 1 aliphatic heterocycles. The molecule has 0 saturated carbocycles. The van der Waals surface area contributed by atoms with Gasteiger partial charge in [-0.15, -0.1) is 0 Å². The molecule has 2 atom stereocenters. The van der Waals surface area contributed by atoms with E-state index in [0.29, 0.717) is 12.8 Å². The van der Waals surface area contributed by atoms with Crippen LogP contribution in [0.15, 0.2) is 0 Å². The average molecular weight is 207 g/mol. The van der Waals surface area contributed by atoms with Crippen molar-refractivity contribution in [2.24, 2.45) is 5.73 Å². The van der Waals surface area contributed by atoms with Crippen LogP contribution in [0.3, 0.4) is 0 Å². The molecular weight excluding hydrogens is 194 g/mol. The first-order chi connectivity index (χ1) is 5.93. The van der Waals surface area contributed by atoms with Crippen LogP contribution in [0.1, 0.15) is 19.3 Å². The number of hydrogen-bond donors (Lipinski definition) is 2. The summed E-state index contributed by atoms with van der Waals surface area (Å²) in [6, 6.07) is -1.06. The molecule has 6 heteroatoms. The quantitative estimate of drug-likeness (QED) is 0.642. The predicted molar refractivity (Wildman–Crippen MR) is 47.0 cm³/mol. The maximum absolute atomic E-state index is 11.3. The Balaban J connectivity index is 2.60. The molecule has 1 fully saturated rings. The predicted octanol–water partition coefficient (Wildman–Crippen LogP) is -0.634. The Morgan fingerprint density at radius 3 is 2.62 bits per heavy atom. The highest BCUT2D eigenvalue weighted by Crippen LogP contribution is 2.23. The normalized spacial score (nSPS) is 28.5. The van der Waals surface area contributed by atoms with E-state index in [4.69, 9.17) is 10.8 Å². The summed E-state index contributed by atoms with van der Waals surface area (Å²) in [5.41, 5.74) is 5.25. The topological polar surface area (TPSA) is 97.5 Å². The molecule has 0 radical (unpaired) electrons. The Morgan fingerprint density at radius 2 is 2.23 bits per heavy atom. The summed E-state index contributed by atoms with van der Waals surface area (Å²) in [6.07, 6.45) is 1.21. The lowest BCUT2D eigenvalue weighted by Gasteiger charge is -2.11. The number of carboxylic acid groups (broad SMARTS) is 1. The summed E-state index contributed by atoms with van der Waals surface area (Å²) in [7, 11) is -3.06. The molecular formula is C7H13NO4S. The number of aliphatic carboxylic acids is 1. The molecule has 5 nitrogen and oxygen atoms in total. The minimum atomic E-state index is -3.06. The Labute approximate surface area is 76.8 Å². The molecule has 0 aliphatic carbocycles. The number of carboxylic acids is 1. The molecule has 0 spiro atoms. The van der Waals surface area contributed by atoms with E-state index in [9.17, 15) is 13.2 Å². The molecule has 3 N–H and O–H groups in total. The van der Waals surface area contributed by atoms with Gasteiger partial charge in [0.05, 0.1) is 11.0 Å². The average Bonchev–Trinajstić information content (AvgIpc) is 2.30. The van der Waals surface area contributed by atoms with Gasteiger partial charge in [-0.1, -0.05) is 0 Å². The lowest BCUT2D eigenvalue weighted by Crippen LogP contribution is -2.35. The van der Waals surface area contributed by atoms with Gasteiger partial charge < -0.3 is 10.8 Å². The molecule has 0 amide bonds. The van der Waals surface area contributed by atoms with Crippen molar-refractivity contribution in [3.05, 3.63) is 0 Å². The van der Waals surface area contributed by atoms with Crippen LogP contribution >= 0.6 is 0 Å². The van der Waals surface area contributed by atoms with Crippen molar-refractivity contribution in [3.8, 4) is 0 Å². The summed E-state index contributed by atoms with van der Waals surface area (Å²) in [6.45, 7) is 0. The molecule has 2 unspecified atom stereocenters. The largest absolute Gasteiger partial charge is 0.480 e. The summed E-state index contributed by atoms with van der Waals surface area (Å²) < 4.78 is 22.5. The van der Waals surface area contributed by atoms with Gasteiger partial charge in [0.2, 0.25) is 0 Å². The molecule has 0 aromatic rings. The number of rotatable bonds is 3. The van der Waals surface area contributed by atoms with Crippen molar-refractivity contribution in [2.45, 2.75) is 30.6 Å². The molecule has 76 valence electrons. The van der Waals surface area contributed by atoms with Gasteiger partial charge in [0.25, 0.3) is 0 Å². The first kappa shape index (κ1) is 10.5. The number of nitrogens with two attached hydrogens (primary N) is 1.